The maximum absolute atomic E-state index is 12.8. The lowest BCUT2D eigenvalue weighted by Crippen LogP contribution is -2.30. The van der Waals surface area contributed by atoms with Crippen molar-refractivity contribution in [3.8, 4) is 0 Å². The van der Waals surface area contributed by atoms with Gasteiger partial charge in [0.25, 0.3) is 0 Å². The van der Waals surface area contributed by atoms with E-state index in [1.54, 1.807) is 0 Å². The van der Waals surface area contributed by atoms with E-state index in [1.807, 2.05) is 20.8 Å². The SMILES string of the molecule is C[C@@H](c1nc(C(C)(C)C)no1)N(C)S(=O)(=O)c1ccc(C(F)(F)F)cc1Cl. The fourth-order valence-electron chi connectivity index (χ4n) is 2.11. The molecule has 6 nitrogen and oxygen atoms in total. The van der Waals surface area contributed by atoms with E-state index in [1.165, 1.54) is 14.0 Å². The predicted molar refractivity (Wildman–Crippen MR) is 92.8 cm³/mol. The van der Waals surface area contributed by atoms with Gasteiger partial charge in [-0.2, -0.15) is 22.5 Å². The third-order valence-corrected chi connectivity index (χ3v) is 6.34. The first-order valence-electron chi connectivity index (χ1n) is 7.84. The van der Waals surface area contributed by atoms with Crippen LogP contribution in [0.3, 0.4) is 0 Å². The molecule has 2 rings (SSSR count). The first-order chi connectivity index (χ1) is 12.2. The Labute approximate surface area is 160 Å². The molecule has 0 saturated carbocycles. The van der Waals surface area contributed by atoms with Crippen LogP contribution in [0, 0.1) is 0 Å². The second-order valence-corrected chi connectivity index (χ2v) is 9.42. The molecular formula is C16H19ClF3N3O3S. The fraction of sp³-hybridized carbons (Fsp3) is 0.500. The second kappa shape index (κ2) is 7.06. The fourth-order valence-corrected chi connectivity index (χ4v) is 3.95. The molecule has 0 N–H and O–H groups in total. The highest BCUT2D eigenvalue weighted by Crippen LogP contribution is 2.35. The zero-order valence-electron chi connectivity index (χ0n) is 15.3. The lowest BCUT2D eigenvalue weighted by atomic mass is 9.96. The van der Waals surface area contributed by atoms with E-state index in [0.29, 0.717) is 18.0 Å². The molecule has 0 aliphatic heterocycles. The number of halogens is 4. The quantitative estimate of drug-likeness (QED) is 0.724. The van der Waals surface area contributed by atoms with E-state index in [2.05, 4.69) is 10.1 Å². The van der Waals surface area contributed by atoms with Gasteiger partial charge < -0.3 is 4.52 Å². The van der Waals surface area contributed by atoms with Crippen LogP contribution in [-0.2, 0) is 21.6 Å². The molecule has 1 aromatic heterocycles. The molecule has 0 aliphatic rings. The molecule has 150 valence electrons. The van der Waals surface area contributed by atoms with Gasteiger partial charge in [-0.1, -0.05) is 37.5 Å². The summed E-state index contributed by atoms with van der Waals surface area (Å²) < 4.78 is 69.9. The molecule has 0 amide bonds. The van der Waals surface area contributed by atoms with Gasteiger partial charge in [0.05, 0.1) is 10.6 Å². The average molecular weight is 426 g/mol. The van der Waals surface area contributed by atoms with Crippen molar-refractivity contribution >= 4 is 21.6 Å². The average Bonchev–Trinajstić information content (AvgIpc) is 3.02. The summed E-state index contributed by atoms with van der Waals surface area (Å²) in [4.78, 5) is 3.77. The van der Waals surface area contributed by atoms with E-state index in [9.17, 15) is 21.6 Å². The molecule has 1 heterocycles. The molecule has 0 fully saturated rings. The van der Waals surface area contributed by atoms with Crippen molar-refractivity contribution in [3.63, 3.8) is 0 Å². The summed E-state index contributed by atoms with van der Waals surface area (Å²) in [5.74, 6) is 0.469. The minimum atomic E-state index is -4.63. The zero-order valence-corrected chi connectivity index (χ0v) is 16.9. The third-order valence-electron chi connectivity index (χ3n) is 3.93. The molecule has 0 radical (unpaired) electrons. The van der Waals surface area contributed by atoms with Crippen molar-refractivity contribution in [2.75, 3.05) is 7.05 Å². The molecule has 0 unspecified atom stereocenters. The Kier molecular flexibility index (Phi) is 5.66. The summed E-state index contributed by atoms with van der Waals surface area (Å²) >= 11 is 5.82. The van der Waals surface area contributed by atoms with E-state index in [4.69, 9.17) is 16.1 Å². The molecule has 1 aromatic carbocycles. The number of alkyl halides is 3. The molecule has 0 spiro atoms. The van der Waals surface area contributed by atoms with Crippen molar-refractivity contribution in [3.05, 3.63) is 40.5 Å². The molecular weight excluding hydrogens is 407 g/mol. The number of sulfonamides is 1. The smallest absolute Gasteiger partial charge is 0.338 e. The summed E-state index contributed by atoms with van der Waals surface area (Å²) in [6.07, 6.45) is -4.63. The maximum atomic E-state index is 12.8. The summed E-state index contributed by atoms with van der Waals surface area (Å²) in [7, 11) is -2.94. The van der Waals surface area contributed by atoms with Crippen LogP contribution in [0.25, 0.3) is 0 Å². The predicted octanol–water partition coefficient (Wildman–Crippen LogP) is 4.42. The number of rotatable bonds is 4. The van der Waals surface area contributed by atoms with Gasteiger partial charge in [0.2, 0.25) is 15.9 Å². The normalized spacial score (nSPS) is 14.6. The molecule has 27 heavy (non-hydrogen) atoms. The van der Waals surface area contributed by atoms with Gasteiger partial charge in [0.1, 0.15) is 10.9 Å². The van der Waals surface area contributed by atoms with Crippen molar-refractivity contribution in [2.45, 2.75) is 50.2 Å². The monoisotopic (exact) mass is 425 g/mol. The summed E-state index contributed by atoms with van der Waals surface area (Å²) in [6, 6.07) is 1.23. The van der Waals surface area contributed by atoms with Crippen LogP contribution in [-0.4, -0.2) is 29.9 Å². The summed E-state index contributed by atoms with van der Waals surface area (Å²) in [5, 5.41) is 3.32. The molecule has 0 saturated heterocycles. The Morgan fingerprint density at radius 1 is 1.22 bits per heavy atom. The van der Waals surface area contributed by atoms with Gasteiger partial charge in [-0.25, -0.2) is 8.42 Å². The van der Waals surface area contributed by atoms with Gasteiger partial charge in [0, 0.05) is 12.5 Å². The molecule has 11 heteroatoms. The number of hydrogen-bond donors (Lipinski definition) is 0. The molecule has 0 bridgehead atoms. The van der Waals surface area contributed by atoms with Gasteiger partial charge in [-0.3, -0.25) is 0 Å². The molecule has 0 aliphatic carbocycles. The minimum absolute atomic E-state index is 0.0639. The molecule has 1 atom stereocenters. The van der Waals surface area contributed by atoms with Gasteiger partial charge in [-0.05, 0) is 25.1 Å². The zero-order chi connectivity index (χ0) is 20.8. The lowest BCUT2D eigenvalue weighted by molar-refractivity contribution is -0.137. The highest BCUT2D eigenvalue weighted by Gasteiger charge is 2.35. The summed E-state index contributed by atoms with van der Waals surface area (Å²) in [6.45, 7) is 7.13. The topological polar surface area (TPSA) is 76.3 Å². The van der Waals surface area contributed by atoms with Crippen LogP contribution >= 0.6 is 11.6 Å². The van der Waals surface area contributed by atoms with Crippen molar-refractivity contribution < 1.29 is 26.1 Å². The summed E-state index contributed by atoms with van der Waals surface area (Å²) in [5.41, 5.74) is -1.43. The van der Waals surface area contributed by atoms with Gasteiger partial charge in [-0.15, -0.1) is 0 Å². The van der Waals surface area contributed by atoms with Crippen LogP contribution in [0.2, 0.25) is 5.02 Å². The number of hydrogen-bond acceptors (Lipinski definition) is 5. The van der Waals surface area contributed by atoms with Crippen LogP contribution in [0.15, 0.2) is 27.6 Å². The second-order valence-electron chi connectivity index (χ2n) is 7.05. The first kappa shape index (κ1) is 21.6. The van der Waals surface area contributed by atoms with E-state index < -0.39 is 43.1 Å². The van der Waals surface area contributed by atoms with Crippen molar-refractivity contribution in [2.24, 2.45) is 0 Å². The largest absolute Gasteiger partial charge is 0.416 e. The number of nitrogens with zero attached hydrogens (tertiary/aromatic N) is 3. The van der Waals surface area contributed by atoms with Gasteiger partial charge >= 0.3 is 6.18 Å². The molecule has 2 aromatic rings. The number of aromatic nitrogens is 2. The third kappa shape index (κ3) is 4.44. The lowest BCUT2D eigenvalue weighted by Gasteiger charge is -2.22. The van der Waals surface area contributed by atoms with Crippen LogP contribution < -0.4 is 0 Å². The van der Waals surface area contributed by atoms with Gasteiger partial charge in [0.15, 0.2) is 5.82 Å². The number of benzene rings is 1. The van der Waals surface area contributed by atoms with Crippen LogP contribution in [0.5, 0.6) is 0 Å². The maximum Gasteiger partial charge on any atom is 0.416 e. The van der Waals surface area contributed by atoms with Crippen molar-refractivity contribution in [1.82, 2.24) is 14.4 Å². The highest BCUT2D eigenvalue weighted by atomic mass is 35.5. The van der Waals surface area contributed by atoms with E-state index in [-0.39, 0.29) is 5.89 Å². The first-order valence-corrected chi connectivity index (χ1v) is 9.66. The van der Waals surface area contributed by atoms with Crippen LogP contribution in [0.1, 0.15) is 51.0 Å². The Hall–Kier alpha value is -1.65. The standard InChI is InChI=1S/C16H19ClF3N3O3S/c1-9(13-21-14(22-26-13)15(2,3)4)23(5)27(24,25)12-7-6-10(8-11(12)17)16(18,19)20/h6-9H,1-5H3/t9-/m0/s1. The van der Waals surface area contributed by atoms with E-state index in [0.717, 1.165) is 10.4 Å². The minimum Gasteiger partial charge on any atom is -0.338 e. The van der Waals surface area contributed by atoms with Crippen molar-refractivity contribution in [1.29, 1.82) is 0 Å². The Morgan fingerprint density at radius 2 is 1.81 bits per heavy atom. The highest BCUT2D eigenvalue weighted by molar-refractivity contribution is 7.89. The Bertz CT molecular complexity index is 936. The van der Waals surface area contributed by atoms with Crippen LogP contribution in [0.4, 0.5) is 13.2 Å². The Balaban J connectivity index is 2.37. The van der Waals surface area contributed by atoms with E-state index >= 15 is 0 Å². The Morgan fingerprint density at radius 3 is 2.26 bits per heavy atom.